The molecule has 0 radical (unpaired) electrons. The molecule has 1 rings (SSSR count). The molecule has 1 aliphatic rings. The van der Waals surface area contributed by atoms with Crippen LogP contribution < -0.4 is 11.5 Å². The van der Waals surface area contributed by atoms with Crippen molar-refractivity contribution in [2.75, 3.05) is 5.75 Å². The zero-order chi connectivity index (χ0) is 6.85. The molecule has 0 aromatic carbocycles. The first-order valence-corrected chi connectivity index (χ1v) is 4.25. The van der Waals surface area contributed by atoms with Gasteiger partial charge in [-0.2, -0.15) is 10.5 Å². The van der Waals surface area contributed by atoms with Crippen molar-refractivity contribution >= 4 is 16.4 Å². The molecule has 0 aromatic heterocycles. The molecular formula is C6H10N2S. The summed E-state index contributed by atoms with van der Waals surface area (Å²) in [5.41, 5.74) is 12.4. The predicted molar refractivity (Wildman–Crippen MR) is 44.1 cm³/mol. The van der Waals surface area contributed by atoms with Crippen LogP contribution in [0.5, 0.6) is 0 Å². The normalized spacial score (nSPS) is 26.9. The van der Waals surface area contributed by atoms with Gasteiger partial charge in [-0.25, -0.2) is 0 Å². The van der Waals surface area contributed by atoms with Crippen molar-refractivity contribution in [1.82, 2.24) is 0 Å². The summed E-state index contributed by atoms with van der Waals surface area (Å²) in [5.74, 6) is 4.79. The van der Waals surface area contributed by atoms with Crippen molar-refractivity contribution in [3.05, 3.63) is 22.9 Å². The Morgan fingerprint density at radius 3 is 2.56 bits per heavy atom. The van der Waals surface area contributed by atoms with Crippen LogP contribution in [-0.2, 0) is 0 Å². The second-order valence-electron chi connectivity index (χ2n) is 1.94. The van der Waals surface area contributed by atoms with Crippen LogP contribution in [0.25, 0.3) is 0 Å². The van der Waals surface area contributed by atoms with E-state index in [0.717, 1.165) is 5.75 Å². The van der Waals surface area contributed by atoms with Gasteiger partial charge in [0, 0.05) is 5.75 Å². The molecule has 0 fully saturated rings. The zero-order valence-electron chi connectivity index (χ0n) is 5.13. The highest BCUT2D eigenvalue weighted by Crippen LogP contribution is 2.19. The molecule has 9 heavy (non-hydrogen) atoms. The number of hydrogen-bond acceptors (Lipinski definition) is 2. The van der Waals surface area contributed by atoms with E-state index < -0.39 is 0 Å². The molecule has 0 bridgehead atoms. The first-order chi connectivity index (χ1) is 4.20. The van der Waals surface area contributed by atoms with Gasteiger partial charge in [-0.3, -0.25) is 0 Å². The lowest BCUT2D eigenvalue weighted by atomic mass is 10.3. The molecule has 1 atom stereocenters. The molecule has 4 N–H and O–H groups in total. The molecule has 0 aliphatic carbocycles. The van der Waals surface area contributed by atoms with Gasteiger partial charge in [0.15, 0.2) is 0 Å². The first-order valence-electron chi connectivity index (χ1n) is 2.63. The van der Waals surface area contributed by atoms with Crippen LogP contribution in [0.1, 0.15) is 0 Å². The van der Waals surface area contributed by atoms with Crippen molar-refractivity contribution in [1.29, 1.82) is 0 Å². The fourth-order valence-corrected chi connectivity index (χ4v) is 1.60. The van der Waals surface area contributed by atoms with Crippen molar-refractivity contribution in [2.45, 2.75) is 0 Å². The van der Waals surface area contributed by atoms with Crippen LogP contribution >= 0.6 is 10.5 Å². The summed E-state index contributed by atoms with van der Waals surface area (Å²) in [7, 11) is 0.0656. The van der Waals surface area contributed by atoms with Crippen LogP contribution in [0.2, 0.25) is 0 Å². The number of nitrogens with two attached hydrogens (primary N) is 2. The number of rotatable bonds is 0. The molecule has 50 valence electrons. The Labute approximate surface area is 57.2 Å². The zero-order valence-corrected chi connectivity index (χ0v) is 5.95. The van der Waals surface area contributed by atoms with Crippen LogP contribution in [-0.4, -0.2) is 11.6 Å². The van der Waals surface area contributed by atoms with Gasteiger partial charge in [-0.05, 0) is 11.5 Å². The highest BCUT2D eigenvalue weighted by molar-refractivity contribution is 8.16. The molecule has 0 saturated heterocycles. The molecule has 1 aliphatic heterocycles. The summed E-state index contributed by atoms with van der Waals surface area (Å²) in [5, 5.41) is 1.91. The van der Waals surface area contributed by atoms with Gasteiger partial charge in [0.1, 0.15) is 0 Å². The van der Waals surface area contributed by atoms with Gasteiger partial charge >= 0.3 is 0 Å². The Morgan fingerprint density at radius 2 is 2.11 bits per heavy atom. The van der Waals surface area contributed by atoms with E-state index in [2.05, 4.69) is 5.87 Å². The Bertz CT molecular complexity index is 203. The minimum absolute atomic E-state index is 0.0656. The predicted octanol–water partition coefficient (Wildman–Crippen LogP) is 0.344. The molecule has 0 saturated carbocycles. The molecule has 1 unspecified atom stereocenters. The van der Waals surface area contributed by atoms with Crippen LogP contribution in [0.4, 0.5) is 0 Å². The van der Waals surface area contributed by atoms with Crippen LogP contribution in [0.15, 0.2) is 22.9 Å². The standard InChI is InChI=1S/C6H10N2S/c1-9-3-2-5(7)6(8)4-9/h2,4H,1,3,7-8H2. The minimum Gasteiger partial charge on any atom is -0.397 e. The quantitative estimate of drug-likeness (QED) is 0.479. The fraction of sp³-hybridized carbons (Fsp3) is 0.167. The average molecular weight is 142 g/mol. The van der Waals surface area contributed by atoms with Crippen molar-refractivity contribution in [3.8, 4) is 0 Å². The van der Waals surface area contributed by atoms with Gasteiger partial charge in [0.05, 0.1) is 11.4 Å². The van der Waals surface area contributed by atoms with E-state index in [0.29, 0.717) is 11.4 Å². The third-order valence-electron chi connectivity index (χ3n) is 1.14. The molecule has 0 spiro atoms. The van der Waals surface area contributed by atoms with E-state index in [-0.39, 0.29) is 10.5 Å². The molecular weight excluding hydrogens is 132 g/mol. The monoisotopic (exact) mass is 142 g/mol. The number of hydrogen-bond donors (Lipinski definition) is 2. The lowest BCUT2D eigenvalue weighted by Gasteiger charge is -2.09. The first kappa shape index (κ1) is 6.42. The Balaban J connectivity index is 2.87. The van der Waals surface area contributed by atoms with E-state index in [1.165, 1.54) is 0 Å². The van der Waals surface area contributed by atoms with E-state index in [9.17, 15) is 0 Å². The summed E-state index contributed by atoms with van der Waals surface area (Å²) < 4.78 is 0. The highest BCUT2D eigenvalue weighted by atomic mass is 32.2. The average Bonchev–Trinajstić information content (AvgIpc) is 1.80. The fourth-order valence-electron chi connectivity index (χ4n) is 0.610. The minimum atomic E-state index is 0.0656. The summed E-state index contributed by atoms with van der Waals surface area (Å²) in [6.45, 7) is 0. The van der Waals surface area contributed by atoms with E-state index in [4.69, 9.17) is 11.5 Å². The van der Waals surface area contributed by atoms with E-state index in [1.54, 1.807) is 0 Å². The van der Waals surface area contributed by atoms with Gasteiger partial charge in [-0.1, -0.05) is 5.87 Å². The molecule has 1 heterocycles. The smallest absolute Gasteiger partial charge is 0.0603 e. The lowest BCUT2D eigenvalue weighted by molar-refractivity contribution is 1.24. The maximum atomic E-state index is 5.50. The van der Waals surface area contributed by atoms with Crippen molar-refractivity contribution in [3.63, 3.8) is 0 Å². The highest BCUT2D eigenvalue weighted by Gasteiger charge is 2.00. The summed E-state index contributed by atoms with van der Waals surface area (Å²) >= 11 is 0. The van der Waals surface area contributed by atoms with Crippen molar-refractivity contribution in [2.24, 2.45) is 11.5 Å². The Morgan fingerprint density at radius 1 is 1.44 bits per heavy atom. The van der Waals surface area contributed by atoms with Crippen LogP contribution in [0.3, 0.4) is 0 Å². The van der Waals surface area contributed by atoms with Gasteiger partial charge in [-0.15, -0.1) is 0 Å². The second-order valence-corrected chi connectivity index (χ2v) is 3.58. The third kappa shape index (κ3) is 1.36. The second kappa shape index (κ2) is 2.27. The Kier molecular flexibility index (Phi) is 1.62. The largest absolute Gasteiger partial charge is 0.397 e. The SMILES string of the molecule is C=S1C=C(N)C(N)=CC1. The van der Waals surface area contributed by atoms with Crippen molar-refractivity contribution < 1.29 is 0 Å². The van der Waals surface area contributed by atoms with E-state index >= 15 is 0 Å². The lowest BCUT2D eigenvalue weighted by Crippen LogP contribution is -2.11. The molecule has 0 aromatic rings. The molecule has 0 amide bonds. The summed E-state index contributed by atoms with van der Waals surface area (Å²) in [6.07, 6.45) is 1.92. The van der Waals surface area contributed by atoms with Crippen LogP contribution in [0, 0.1) is 0 Å². The van der Waals surface area contributed by atoms with Gasteiger partial charge in [0.25, 0.3) is 0 Å². The maximum Gasteiger partial charge on any atom is 0.0603 e. The summed E-state index contributed by atoms with van der Waals surface area (Å²) in [4.78, 5) is 0. The van der Waals surface area contributed by atoms with Gasteiger partial charge in [0.2, 0.25) is 0 Å². The summed E-state index contributed by atoms with van der Waals surface area (Å²) in [6, 6.07) is 0. The van der Waals surface area contributed by atoms with E-state index in [1.807, 2.05) is 11.5 Å². The molecule has 3 heteroatoms. The Hall–Kier alpha value is -0.700. The maximum absolute atomic E-state index is 5.50. The third-order valence-corrected chi connectivity index (χ3v) is 2.33. The molecule has 2 nitrogen and oxygen atoms in total. The van der Waals surface area contributed by atoms with Gasteiger partial charge < -0.3 is 11.5 Å². The topological polar surface area (TPSA) is 52.0 Å².